The predicted octanol–water partition coefficient (Wildman–Crippen LogP) is 6.64. The van der Waals surface area contributed by atoms with Crippen molar-refractivity contribution in [2.75, 3.05) is 0 Å². The molecule has 2 aliphatic carbocycles. The highest BCUT2D eigenvalue weighted by Gasteiger charge is 2.78. The van der Waals surface area contributed by atoms with Crippen LogP contribution in [-0.2, 0) is 14.3 Å². The van der Waals surface area contributed by atoms with Gasteiger partial charge in [-0.3, -0.25) is 4.79 Å². The van der Waals surface area contributed by atoms with E-state index in [2.05, 4.69) is 6.07 Å². The van der Waals surface area contributed by atoms with Crippen molar-refractivity contribution in [3.63, 3.8) is 0 Å². The molecule has 2 fully saturated rings. The van der Waals surface area contributed by atoms with Crippen LogP contribution in [0.25, 0.3) is 0 Å². The number of benzene rings is 2. The minimum Gasteiger partial charge on any atom is -0.481 e. The van der Waals surface area contributed by atoms with Crippen molar-refractivity contribution in [2.24, 2.45) is 16.7 Å². The number of esters is 1. The number of carboxylic acids is 1. The number of ether oxygens (including phenoxy) is 2. The second kappa shape index (κ2) is 9.81. The molecule has 0 bridgehead atoms. The fourth-order valence-corrected chi connectivity index (χ4v) is 5.99. The molecule has 0 heterocycles. The first-order chi connectivity index (χ1) is 17.1. The molecule has 0 radical (unpaired) electrons. The number of hydrogen-bond donors (Lipinski definition) is 1. The SMILES string of the molecule is CC1(OC(=O)C=C[C@H]2C(C)(C)[C@]2(C(=O)O)C(C#N)c2cccc(Oc3ccccc3)c2)CCCCC1. The zero-order valence-corrected chi connectivity index (χ0v) is 21.1. The van der Waals surface area contributed by atoms with Gasteiger partial charge in [0.05, 0.1) is 12.0 Å². The summed E-state index contributed by atoms with van der Waals surface area (Å²) in [4.78, 5) is 25.4. The van der Waals surface area contributed by atoms with E-state index in [-0.39, 0.29) is 0 Å². The first-order valence-corrected chi connectivity index (χ1v) is 12.5. The van der Waals surface area contributed by atoms with Gasteiger partial charge >= 0.3 is 11.9 Å². The number of carbonyl (C=O) groups excluding carboxylic acids is 1. The molecule has 1 unspecified atom stereocenters. The van der Waals surface area contributed by atoms with Crippen molar-refractivity contribution in [1.82, 2.24) is 0 Å². The summed E-state index contributed by atoms with van der Waals surface area (Å²) < 4.78 is 11.7. The highest BCUT2D eigenvalue weighted by atomic mass is 16.6. The summed E-state index contributed by atoms with van der Waals surface area (Å²) in [5.41, 5.74) is -2.05. The van der Waals surface area contributed by atoms with E-state index in [0.717, 1.165) is 32.1 Å². The first-order valence-electron chi connectivity index (χ1n) is 12.5. The van der Waals surface area contributed by atoms with Crippen molar-refractivity contribution in [1.29, 1.82) is 5.26 Å². The molecule has 0 aromatic heterocycles. The molecule has 2 aromatic rings. The van der Waals surface area contributed by atoms with Crippen LogP contribution in [0.15, 0.2) is 66.7 Å². The van der Waals surface area contributed by atoms with Crippen LogP contribution in [0.1, 0.15) is 64.4 Å². The molecule has 0 spiro atoms. The summed E-state index contributed by atoms with van der Waals surface area (Å²) in [7, 11) is 0. The van der Waals surface area contributed by atoms with Crippen LogP contribution in [-0.4, -0.2) is 22.6 Å². The number of hydrogen-bond acceptors (Lipinski definition) is 5. The summed E-state index contributed by atoms with van der Waals surface area (Å²) in [6, 6.07) is 18.5. The smallest absolute Gasteiger partial charge is 0.330 e. The Morgan fingerprint density at radius 1 is 1.03 bits per heavy atom. The Balaban J connectivity index is 1.58. The van der Waals surface area contributed by atoms with E-state index in [1.54, 1.807) is 30.3 Å². The van der Waals surface area contributed by atoms with Gasteiger partial charge in [-0.05, 0) is 67.9 Å². The summed E-state index contributed by atoms with van der Waals surface area (Å²) in [6.07, 6.45) is 7.84. The molecule has 188 valence electrons. The third-order valence-electron chi connectivity index (χ3n) is 8.04. The lowest BCUT2D eigenvalue weighted by Gasteiger charge is -2.32. The van der Waals surface area contributed by atoms with Gasteiger partial charge < -0.3 is 14.6 Å². The Kier molecular flexibility index (Phi) is 6.95. The van der Waals surface area contributed by atoms with Gasteiger partial charge in [0.2, 0.25) is 0 Å². The minimum atomic E-state index is -1.39. The van der Waals surface area contributed by atoms with Crippen molar-refractivity contribution in [2.45, 2.75) is 64.4 Å². The van der Waals surface area contributed by atoms with E-state index in [1.165, 1.54) is 6.08 Å². The largest absolute Gasteiger partial charge is 0.481 e. The summed E-state index contributed by atoms with van der Waals surface area (Å²) in [5.74, 6) is -1.81. The molecule has 36 heavy (non-hydrogen) atoms. The van der Waals surface area contributed by atoms with Gasteiger partial charge in [-0.1, -0.05) is 56.7 Å². The van der Waals surface area contributed by atoms with E-state index in [0.29, 0.717) is 17.1 Å². The van der Waals surface area contributed by atoms with Crippen molar-refractivity contribution >= 4 is 11.9 Å². The van der Waals surface area contributed by atoms with Gasteiger partial charge in [-0.25, -0.2) is 4.79 Å². The monoisotopic (exact) mass is 487 g/mol. The third kappa shape index (κ3) is 4.63. The quantitative estimate of drug-likeness (QED) is 0.331. The molecule has 1 N–H and O–H groups in total. The third-order valence-corrected chi connectivity index (χ3v) is 8.04. The van der Waals surface area contributed by atoms with Gasteiger partial charge in [0.1, 0.15) is 22.5 Å². The topological polar surface area (TPSA) is 96.6 Å². The van der Waals surface area contributed by atoms with Crippen molar-refractivity contribution in [3.8, 4) is 17.6 Å². The Hall–Kier alpha value is -3.59. The molecule has 2 aromatic carbocycles. The molecule has 4 rings (SSSR count). The second-order valence-electron chi connectivity index (χ2n) is 10.7. The second-order valence-corrected chi connectivity index (χ2v) is 10.7. The highest BCUT2D eigenvalue weighted by Crippen LogP contribution is 2.75. The van der Waals surface area contributed by atoms with E-state index in [9.17, 15) is 20.0 Å². The van der Waals surface area contributed by atoms with E-state index < -0.39 is 40.2 Å². The van der Waals surface area contributed by atoms with Gasteiger partial charge in [0.15, 0.2) is 0 Å². The van der Waals surface area contributed by atoms with Crippen LogP contribution in [0.2, 0.25) is 0 Å². The lowest BCUT2D eigenvalue weighted by molar-refractivity contribution is -0.155. The maximum absolute atomic E-state index is 12.7. The van der Waals surface area contributed by atoms with E-state index >= 15 is 0 Å². The number of nitrogens with zero attached hydrogens (tertiary/aromatic N) is 1. The highest BCUT2D eigenvalue weighted by molar-refractivity contribution is 5.86. The number of aliphatic carboxylic acids is 1. The van der Waals surface area contributed by atoms with E-state index in [1.807, 2.05) is 51.1 Å². The zero-order chi connectivity index (χ0) is 26.0. The van der Waals surface area contributed by atoms with Gasteiger partial charge in [0.25, 0.3) is 0 Å². The van der Waals surface area contributed by atoms with Crippen molar-refractivity contribution in [3.05, 3.63) is 72.3 Å². The molecular weight excluding hydrogens is 454 g/mol. The summed E-state index contributed by atoms with van der Waals surface area (Å²) in [5, 5.41) is 20.6. The zero-order valence-electron chi connectivity index (χ0n) is 21.1. The Bertz CT molecular complexity index is 1190. The van der Waals surface area contributed by atoms with Crippen LogP contribution in [0.5, 0.6) is 11.5 Å². The number of allylic oxidation sites excluding steroid dienone is 1. The molecule has 2 saturated carbocycles. The molecule has 0 aliphatic heterocycles. The molecule has 0 saturated heterocycles. The number of carboxylic acid groups (broad SMARTS) is 1. The maximum Gasteiger partial charge on any atom is 0.330 e. The standard InChI is InChI=1S/C30H33NO5/c1-28(2)25(15-16-26(32)36-29(3)17-8-5-9-18-29)30(28,27(33)34)24(20-31)21-11-10-14-23(19-21)35-22-12-6-4-7-13-22/h4,6-7,10-16,19,24-25H,5,8-9,17-18H2,1-3H3,(H,33,34)/t24?,25-,30+/m0/s1. The number of para-hydroxylation sites is 1. The predicted molar refractivity (Wildman–Crippen MR) is 135 cm³/mol. The van der Waals surface area contributed by atoms with Crippen LogP contribution in [0.3, 0.4) is 0 Å². The normalized spacial score (nSPS) is 24.9. The molecule has 2 aliphatic rings. The molecule has 6 nitrogen and oxygen atoms in total. The number of carbonyl (C=O) groups is 2. The lowest BCUT2D eigenvalue weighted by Crippen LogP contribution is -2.33. The van der Waals surface area contributed by atoms with Crippen LogP contribution in [0, 0.1) is 28.1 Å². The first kappa shape index (κ1) is 25.5. The molecular formula is C30H33NO5. The summed E-state index contributed by atoms with van der Waals surface area (Å²) in [6.45, 7) is 5.62. The molecule has 3 atom stereocenters. The van der Waals surface area contributed by atoms with Gasteiger partial charge in [-0.15, -0.1) is 0 Å². The maximum atomic E-state index is 12.7. The molecule has 6 heteroatoms. The Morgan fingerprint density at radius 3 is 2.33 bits per heavy atom. The van der Waals surface area contributed by atoms with Gasteiger partial charge in [-0.2, -0.15) is 5.26 Å². The van der Waals surface area contributed by atoms with E-state index in [4.69, 9.17) is 9.47 Å². The lowest BCUT2D eigenvalue weighted by atomic mass is 9.78. The average Bonchev–Trinajstić information content (AvgIpc) is 3.34. The minimum absolute atomic E-state index is 0.465. The Labute approximate surface area is 212 Å². The van der Waals surface area contributed by atoms with Crippen molar-refractivity contribution < 1.29 is 24.2 Å². The van der Waals surface area contributed by atoms with Gasteiger partial charge in [0, 0.05) is 12.0 Å². The molecule has 0 amide bonds. The fraction of sp³-hybridized carbons (Fsp3) is 0.433. The fourth-order valence-electron chi connectivity index (χ4n) is 5.99. The average molecular weight is 488 g/mol. The number of rotatable bonds is 8. The van der Waals surface area contributed by atoms with Crippen LogP contribution < -0.4 is 4.74 Å². The van der Waals surface area contributed by atoms with Crippen LogP contribution in [0.4, 0.5) is 0 Å². The Morgan fingerprint density at radius 2 is 1.69 bits per heavy atom. The summed E-state index contributed by atoms with van der Waals surface area (Å²) >= 11 is 0. The number of nitriles is 1. The van der Waals surface area contributed by atoms with Crippen LogP contribution >= 0.6 is 0 Å².